The highest BCUT2D eigenvalue weighted by atomic mass is 32.2. The molecule has 148 valence electrons. The zero-order chi connectivity index (χ0) is 21.1. The molecule has 2 rings (SSSR count). The molecule has 0 saturated heterocycles. The van der Waals surface area contributed by atoms with E-state index in [1.807, 2.05) is 0 Å². The van der Waals surface area contributed by atoms with Crippen molar-refractivity contribution in [3.8, 4) is 22.9 Å². The number of aromatic nitrogens is 1. The molecule has 2 N–H and O–H groups in total. The normalized spacial score (nSPS) is 12.1. The third-order valence-electron chi connectivity index (χ3n) is 4.07. The fourth-order valence-corrected chi connectivity index (χ4v) is 3.44. The summed E-state index contributed by atoms with van der Waals surface area (Å²) in [5.74, 6) is 0.311. The lowest BCUT2D eigenvalue weighted by atomic mass is 9.91. The van der Waals surface area contributed by atoms with E-state index in [9.17, 15) is 18.5 Å². The van der Waals surface area contributed by atoms with Crippen LogP contribution >= 0.6 is 0 Å². The van der Waals surface area contributed by atoms with E-state index in [1.54, 1.807) is 26.8 Å². The molecule has 0 aliphatic heterocycles. The van der Waals surface area contributed by atoms with Gasteiger partial charge >= 0.3 is 6.09 Å². The highest BCUT2D eigenvalue weighted by Crippen LogP contribution is 2.41. The van der Waals surface area contributed by atoms with Crippen LogP contribution in [0, 0.1) is 18.3 Å². The molecule has 8 nitrogen and oxygen atoms in total. The number of sulfone groups is 1. The summed E-state index contributed by atoms with van der Waals surface area (Å²) in [4.78, 5) is 15.2. The summed E-state index contributed by atoms with van der Waals surface area (Å²) in [6.07, 6.45) is 2.08. The van der Waals surface area contributed by atoms with Crippen molar-refractivity contribution in [2.45, 2.75) is 31.8 Å². The summed E-state index contributed by atoms with van der Waals surface area (Å²) in [7, 11) is -3.50. The van der Waals surface area contributed by atoms with Gasteiger partial charge in [0.15, 0.2) is 9.84 Å². The minimum atomic E-state index is -3.50. The lowest BCUT2D eigenvalue weighted by molar-refractivity contribution is 0.114. The molecule has 28 heavy (non-hydrogen) atoms. The number of pyridine rings is 1. The van der Waals surface area contributed by atoms with Gasteiger partial charge in [0.25, 0.3) is 0 Å². The summed E-state index contributed by atoms with van der Waals surface area (Å²) < 4.78 is 34.7. The maximum atomic E-state index is 11.9. The first-order chi connectivity index (χ1) is 13.1. The smallest absolute Gasteiger partial charge is 0.405 e. The van der Waals surface area contributed by atoms with Crippen LogP contribution in [0.3, 0.4) is 0 Å². The van der Waals surface area contributed by atoms with E-state index in [-0.39, 0.29) is 11.5 Å². The predicted molar refractivity (Wildman–Crippen MR) is 102 cm³/mol. The van der Waals surface area contributed by atoms with Gasteiger partial charge in [0.2, 0.25) is 0 Å². The number of hydrogen-bond acceptors (Lipinski definition) is 7. The number of nitrogens with zero attached hydrogens (tertiary/aromatic N) is 2. The Kier molecular flexibility index (Phi) is 6.26. The van der Waals surface area contributed by atoms with E-state index in [0.717, 1.165) is 6.26 Å². The van der Waals surface area contributed by atoms with Crippen LogP contribution in [0.25, 0.3) is 11.1 Å². The number of hydrogen-bond donors (Lipinski definition) is 1. The van der Waals surface area contributed by atoms with Crippen LogP contribution in [0.15, 0.2) is 29.4 Å². The molecule has 0 spiro atoms. The quantitative estimate of drug-likeness (QED) is 0.784. The van der Waals surface area contributed by atoms with Gasteiger partial charge in [-0.3, -0.25) is 4.98 Å². The van der Waals surface area contributed by atoms with Gasteiger partial charge in [0.05, 0.1) is 17.1 Å². The molecule has 0 fully saturated rings. The Balaban J connectivity index is 2.87. The minimum absolute atomic E-state index is 0.0147. The highest BCUT2D eigenvalue weighted by molar-refractivity contribution is 7.90. The molecule has 0 aliphatic carbocycles. The standard InChI is InChI=1S/C19H21N3O5S/c1-5-26-18-15(12(3)27-19(21)23)6-11(2)16(8-20)17(18)13-7-14(10-22-9-13)28(4,24)25/h6-7,9-10,12H,5H2,1-4H3,(H2,21,23). The molecule has 0 saturated carbocycles. The molecule has 1 heterocycles. The fourth-order valence-electron chi connectivity index (χ4n) is 2.84. The van der Waals surface area contributed by atoms with Crippen molar-refractivity contribution in [2.24, 2.45) is 5.73 Å². The van der Waals surface area contributed by atoms with Crippen molar-refractivity contribution >= 4 is 15.9 Å². The fraction of sp³-hybridized carbons (Fsp3) is 0.316. The molecule has 2 aromatic rings. The molecule has 1 aromatic carbocycles. The monoisotopic (exact) mass is 403 g/mol. The Hall–Kier alpha value is -3.12. The molecule has 1 atom stereocenters. The van der Waals surface area contributed by atoms with Gasteiger partial charge in [0, 0.05) is 35.3 Å². The van der Waals surface area contributed by atoms with Gasteiger partial charge < -0.3 is 15.2 Å². The molecular formula is C19H21N3O5S. The van der Waals surface area contributed by atoms with Crippen LogP contribution in [-0.4, -0.2) is 32.4 Å². The van der Waals surface area contributed by atoms with Crippen LogP contribution in [-0.2, 0) is 14.6 Å². The zero-order valence-electron chi connectivity index (χ0n) is 16.0. The molecule has 9 heteroatoms. The molecule has 0 aliphatic rings. The largest absolute Gasteiger partial charge is 0.493 e. The maximum absolute atomic E-state index is 11.9. The highest BCUT2D eigenvalue weighted by Gasteiger charge is 2.24. The van der Waals surface area contributed by atoms with Crippen LogP contribution < -0.4 is 10.5 Å². The van der Waals surface area contributed by atoms with E-state index in [2.05, 4.69) is 11.1 Å². The number of benzene rings is 1. The van der Waals surface area contributed by atoms with Crippen LogP contribution in [0.5, 0.6) is 5.75 Å². The van der Waals surface area contributed by atoms with E-state index in [4.69, 9.17) is 15.2 Å². The summed E-state index contributed by atoms with van der Waals surface area (Å²) >= 11 is 0. The first-order valence-corrected chi connectivity index (χ1v) is 10.3. The van der Waals surface area contributed by atoms with Crippen molar-refractivity contribution < 1.29 is 22.7 Å². The summed E-state index contributed by atoms with van der Waals surface area (Å²) in [6, 6.07) is 5.26. The Morgan fingerprint density at radius 1 is 1.36 bits per heavy atom. The van der Waals surface area contributed by atoms with Gasteiger partial charge in [-0.05, 0) is 38.5 Å². The second-order valence-electron chi connectivity index (χ2n) is 6.17. The number of carbonyl (C=O) groups is 1. The average molecular weight is 403 g/mol. The van der Waals surface area contributed by atoms with E-state index in [1.165, 1.54) is 18.5 Å². The number of ether oxygens (including phenoxy) is 2. The molecule has 0 bridgehead atoms. The number of rotatable bonds is 6. The second-order valence-corrected chi connectivity index (χ2v) is 8.18. The zero-order valence-corrected chi connectivity index (χ0v) is 16.8. The van der Waals surface area contributed by atoms with Crippen molar-refractivity contribution in [1.82, 2.24) is 4.98 Å². The van der Waals surface area contributed by atoms with Crippen LogP contribution in [0.2, 0.25) is 0 Å². The first kappa shape index (κ1) is 21.2. The van der Waals surface area contributed by atoms with Crippen molar-refractivity contribution in [2.75, 3.05) is 12.9 Å². The SMILES string of the molecule is CCOc1c(C(C)OC(N)=O)cc(C)c(C#N)c1-c1cncc(S(C)(=O)=O)c1. The molecular weight excluding hydrogens is 382 g/mol. The Morgan fingerprint density at radius 2 is 2.04 bits per heavy atom. The average Bonchev–Trinajstić information content (AvgIpc) is 2.61. The van der Waals surface area contributed by atoms with Crippen molar-refractivity contribution in [1.29, 1.82) is 5.26 Å². The lowest BCUT2D eigenvalue weighted by Crippen LogP contribution is -2.17. The maximum Gasteiger partial charge on any atom is 0.405 e. The van der Waals surface area contributed by atoms with Crippen LogP contribution in [0.4, 0.5) is 4.79 Å². The lowest BCUT2D eigenvalue weighted by Gasteiger charge is -2.22. The van der Waals surface area contributed by atoms with Gasteiger partial charge in [0.1, 0.15) is 17.9 Å². The second kappa shape index (κ2) is 8.27. The van der Waals surface area contributed by atoms with E-state index < -0.39 is 22.0 Å². The van der Waals surface area contributed by atoms with Gasteiger partial charge in [-0.1, -0.05) is 0 Å². The minimum Gasteiger partial charge on any atom is -0.493 e. The van der Waals surface area contributed by atoms with E-state index >= 15 is 0 Å². The third kappa shape index (κ3) is 4.40. The number of aryl methyl sites for hydroxylation is 1. The summed E-state index contributed by atoms with van der Waals surface area (Å²) in [5.41, 5.74) is 7.36. The number of primary amides is 1. The number of nitrogens with two attached hydrogens (primary N) is 1. The Labute approximate surface area is 163 Å². The number of amides is 1. The third-order valence-corrected chi connectivity index (χ3v) is 5.15. The topological polar surface area (TPSA) is 132 Å². The van der Waals surface area contributed by atoms with Crippen molar-refractivity contribution in [3.63, 3.8) is 0 Å². The Bertz CT molecular complexity index is 1060. The van der Waals surface area contributed by atoms with E-state index in [0.29, 0.717) is 33.6 Å². The summed E-state index contributed by atoms with van der Waals surface area (Å²) in [5, 5.41) is 9.71. The van der Waals surface area contributed by atoms with Gasteiger partial charge in [-0.15, -0.1) is 0 Å². The summed E-state index contributed by atoms with van der Waals surface area (Å²) in [6.45, 7) is 5.40. The predicted octanol–water partition coefficient (Wildman–Crippen LogP) is 2.89. The van der Waals surface area contributed by atoms with Gasteiger partial charge in [-0.2, -0.15) is 5.26 Å². The first-order valence-electron chi connectivity index (χ1n) is 8.42. The number of nitriles is 1. The van der Waals surface area contributed by atoms with Crippen LogP contribution in [0.1, 0.15) is 36.6 Å². The molecule has 1 unspecified atom stereocenters. The Morgan fingerprint density at radius 3 is 2.57 bits per heavy atom. The molecule has 0 radical (unpaired) electrons. The van der Waals surface area contributed by atoms with Crippen molar-refractivity contribution in [3.05, 3.63) is 41.2 Å². The molecule has 1 aromatic heterocycles. The van der Waals surface area contributed by atoms with Gasteiger partial charge in [-0.25, -0.2) is 13.2 Å². The number of carbonyl (C=O) groups excluding carboxylic acids is 1. The molecule has 1 amide bonds.